The number of rotatable bonds is 6. The van der Waals surface area contributed by atoms with Gasteiger partial charge in [-0.1, -0.05) is 58.2 Å². The molecule has 1 aliphatic carbocycles. The first-order valence-electron chi connectivity index (χ1n) is 13.5. The summed E-state index contributed by atoms with van der Waals surface area (Å²) in [6.45, 7) is 8.10. The van der Waals surface area contributed by atoms with Crippen LogP contribution in [0.5, 0.6) is 0 Å². The molecule has 1 aromatic carbocycles. The van der Waals surface area contributed by atoms with E-state index in [-0.39, 0.29) is 30.3 Å². The van der Waals surface area contributed by atoms with Crippen LogP contribution in [0.2, 0.25) is 0 Å². The molecule has 0 bridgehead atoms. The van der Waals surface area contributed by atoms with Gasteiger partial charge in [-0.2, -0.15) is 5.26 Å². The number of aromatic nitrogens is 1. The van der Waals surface area contributed by atoms with Crippen LogP contribution in [0.25, 0.3) is 0 Å². The van der Waals surface area contributed by atoms with Crippen molar-refractivity contribution in [3.05, 3.63) is 59.9 Å². The zero-order chi connectivity index (χ0) is 27.5. The van der Waals surface area contributed by atoms with E-state index in [9.17, 15) is 20.0 Å². The third kappa shape index (κ3) is 5.68. The molecule has 2 N–H and O–H groups in total. The van der Waals surface area contributed by atoms with E-state index < -0.39 is 23.6 Å². The molecule has 0 spiro atoms. The standard InChI is InChI=1S/C30H39N5O3/c1-29(2,3)22-12-14-24(15-13-22)35(28(38)30(4)17-25(36)19-34(30)20-31)26(21-9-8-16-32-18-21)27(37)33-23-10-6-5-7-11-23/h8-9,12-16,18,23,25-26,36H,5-7,10-11,17,19H2,1-4H3,(H,33,37)/t25-,26?,30+/m0/s1. The Labute approximate surface area is 225 Å². The van der Waals surface area contributed by atoms with Crippen molar-refractivity contribution in [2.45, 2.75) is 95.4 Å². The second-order valence-corrected chi connectivity index (χ2v) is 11.8. The average Bonchev–Trinajstić information content (AvgIpc) is 3.21. The van der Waals surface area contributed by atoms with Crippen molar-refractivity contribution >= 4 is 17.5 Å². The number of benzene rings is 1. The monoisotopic (exact) mass is 517 g/mol. The molecule has 8 nitrogen and oxygen atoms in total. The minimum Gasteiger partial charge on any atom is -0.391 e. The van der Waals surface area contributed by atoms with E-state index in [2.05, 4.69) is 37.3 Å². The quantitative estimate of drug-likeness (QED) is 0.556. The van der Waals surface area contributed by atoms with Crippen molar-refractivity contribution in [3.63, 3.8) is 0 Å². The van der Waals surface area contributed by atoms with E-state index in [1.165, 1.54) is 9.80 Å². The summed E-state index contributed by atoms with van der Waals surface area (Å²) < 4.78 is 0. The largest absolute Gasteiger partial charge is 0.391 e. The van der Waals surface area contributed by atoms with Crippen molar-refractivity contribution in [1.82, 2.24) is 15.2 Å². The van der Waals surface area contributed by atoms with Gasteiger partial charge in [-0.3, -0.25) is 24.4 Å². The molecule has 0 radical (unpaired) electrons. The van der Waals surface area contributed by atoms with Gasteiger partial charge in [0.2, 0.25) is 5.91 Å². The molecular weight excluding hydrogens is 478 g/mol. The highest BCUT2D eigenvalue weighted by molar-refractivity contribution is 6.06. The topological polar surface area (TPSA) is 110 Å². The van der Waals surface area contributed by atoms with E-state index in [0.717, 1.165) is 37.7 Å². The van der Waals surface area contributed by atoms with E-state index in [1.807, 2.05) is 24.3 Å². The first-order valence-corrected chi connectivity index (χ1v) is 13.5. The molecule has 2 heterocycles. The van der Waals surface area contributed by atoms with Crippen LogP contribution in [0.1, 0.15) is 83.4 Å². The number of aliphatic hydroxyl groups excluding tert-OH is 1. The SMILES string of the molecule is CC(C)(C)c1ccc(N(C(=O)[C@@]2(C)C[C@H](O)CN2C#N)C(C(=O)NC2CCCCC2)c2cccnc2)cc1. The van der Waals surface area contributed by atoms with Gasteiger partial charge in [0.1, 0.15) is 11.6 Å². The zero-order valence-electron chi connectivity index (χ0n) is 22.9. The molecule has 1 aromatic heterocycles. The van der Waals surface area contributed by atoms with Gasteiger partial charge in [0, 0.05) is 36.1 Å². The van der Waals surface area contributed by atoms with Crippen LogP contribution in [0.3, 0.4) is 0 Å². The number of pyridine rings is 1. The Bertz CT molecular complexity index is 1170. The number of nitrogens with zero attached hydrogens (tertiary/aromatic N) is 4. The fourth-order valence-electron chi connectivity index (χ4n) is 5.65. The highest BCUT2D eigenvalue weighted by atomic mass is 16.3. The molecule has 8 heteroatoms. The Balaban J connectivity index is 1.82. The molecule has 3 atom stereocenters. The van der Waals surface area contributed by atoms with Crippen LogP contribution in [0.15, 0.2) is 48.8 Å². The van der Waals surface area contributed by atoms with Crippen molar-refractivity contribution in [1.29, 1.82) is 5.26 Å². The molecule has 1 aliphatic heterocycles. The molecule has 1 saturated heterocycles. The fraction of sp³-hybridized carbons (Fsp3) is 0.533. The summed E-state index contributed by atoms with van der Waals surface area (Å²) in [5.41, 5.74) is 0.839. The molecule has 1 unspecified atom stereocenters. The van der Waals surface area contributed by atoms with Crippen molar-refractivity contribution in [2.24, 2.45) is 0 Å². The number of hydrogen-bond acceptors (Lipinski definition) is 6. The minimum atomic E-state index is -1.30. The number of likely N-dealkylation sites (tertiary alicyclic amines) is 1. The highest BCUT2D eigenvalue weighted by Crippen LogP contribution is 2.37. The molecule has 4 rings (SSSR count). The number of carbonyl (C=O) groups excluding carboxylic acids is 2. The Morgan fingerprint density at radius 1 is 1.18 bits per heavy atom. The third-order valence-corrected chi connectivity index (χ3v) is 7.89. The molecule has 38 heavy (non-hydrogen) atoms. The maximum absolute atomic E-state index is 14.5. The van der Waals surface area contributed by atoms with Crippen LogP contribution in [0, 0.1) is 11.5 Å². The fourth-order valence-corrected chi connectivity index (χ4v) is 5.65. The number of hydrogen-bond donors (Lipinski definition) is 2. The van der Waals surface area contributed by atoms with Crippen molar-refractivity contribution < 1.29 is 14.7 Å². The molecule has 1 saturated carbocycles. The highest BCUT2D eigenvalue weighted by Gasteiger charge is 2.51. The van der Waals surface area contributed by atoms with Gasteiger partial charge >= 0.3 is 0 Å². The number of β-amino-alcohol motifs (C(OH)–C–C–N with tert-alkyl or cyclic N) is 1. The third-order valence-electron chi connectivity index (χ3n) is 7.89. The van der Waals surface area contributed by atoms with Gasteiger partial charge in [-0.05, 0) is 48.9 Å². The normalized spacial score (nSPS) is 22.9. The first kappa shape index (κ1) is 27.6. The maximum Gasteiger partial charge on any atom is 0.254 e. The maximum atomic E-state index is 14.5. The Morgan fingerprint density at radius 2 is 1.87 bits per heavy atom. The number of nitriles is 1. The average molecular weight is 518 g/mol. The molecule has 2 aliphatic rings. The Morgan fingerprint density at radius 3 is 2.45 bits per heavy atom. The van der Waals surface area contributed by atoms with Crippen LogP contribution in [-0.4, -0.2) is 51.0 Å². The lowest BCUT2D eigenvalue weighted by molar-refractivity contribution is -0.131. The molecule has 2 fully saturated rings. The van der Waals surface area contributed by atoms with Gasteiger partial charge < -0.3 is 10.4 Å². The predicted molar refractivity (Wildman–Crippen MR) is 146 cm³/mol. The van der Waals surface area contributed by atoms with E-state index in [1.54, 1.807) is 31.5 Å². The van der Waals surface area contributed by atoms with Gasteiger partial charge in [0.15, 0.2) is 6.19 Å². The molecule has 2 aromatic rings. The number of amides is 2. The summed E-state index contributed by atoms with van der Waals surface area (Å²) in [6, 6.07) is 10.3. The van der Waals surface area contributed by atoms with E-state index in [4.69, 9.17) is 0 Å². The molecule has 202 valence electrons. The summed E-state index contributed by atoms with van der Waals surface area (Å²) in [5, 5.41) is 23.5. The van der Waals surface area contributed by atoms with Gasteiger partial charge in [0.05, 0.1) is 12.6 Å². The number of nitrogens with one attached hydrogen (secondary N) is 1. The molecular formula is C30H39N5O3. The second kappa shape index (κ2) is 11.1. The van der Waals surface area contributed by atoms with Crippen LogP contribution in [-0.2, 0) is 15.0 Å². The van der Waals surface area contributed by atoms with Gasteiger partial charge in [-0.15, -0.1) is 0 Å². The lowest BCUT2D eigenvalue weighted by Crippen LogP contribution is -2.57. The van der Waals surface area contributed by atoms with E-state index in [0.29, 0.717) is 11.3 Å². The summed E-state index contributed by atoms with van der Waals surface area (Å²) in [6.07, 6.45) is 9.72. The first-order chi connectivity index (χ1) is 18.0. The zero-order valence-corrected chi connectivity index (χ0v) is 22.9. The lowest BCUT2D eigenvalue weighted by atomic mass is 9.86. The lowest BCUT2D eigenvalue weighted by Gasteiger charge is -2.39. The summed E-state index contributed by atoms with van der Waals surface area (Å²) >= 11 is 0. The number of aliphatic hydroxyl groups is 1. The number of anilines is 1. The molecule has 2 amide bonds. The Kier molecular flexibility index (Phi) is 8.08. The summed E-state index contributed by atoms with van der Waals surface area (Å²) in [4.78, 5) is 35.6. The Hall–Kier alpha value is -3.44. The van der Waals surface area contributed by atoms with Crippen LogP contribution >= 0.6 is 0 Å². The smallest absolute Gasteiger partial charge is 0.254 e. The van der Waals surface area contributed by atoms with E-state index >= 15 is 0 Å². The number of carbonyl (C=O) groups is 2. The van der Waals surface area contributed by atoms with Crippen molar-refractivity contribution in [3.8, 4) is 6.19 Å². The minimum absolute atomic E-state index is 0.0511. The second-order valence-electron chi connectivity index (χ2n) is 11.8. The van der Waals surface area contributed by atoms with Gasteiger partial charge in [-0.25, -0.2) is 0 Å². The summed E-state index contributed by atoms with van der Waals surface area (Å²) in [5.74, 6) is -0.685. The summed E-state index contributed by atoms with van der Waals surface area (Å²) in [7, 11) is 0. The van der Waals surface area contributed by atoms with Gasteiger partial charge in [0.25, 0.3) is 5.91 Å². The predicted octanol–water partition coefficient (Wildman–Crippen LogP) is 4.21. The van der Waals surface area contributed by atoms with Crippen LogP contribution in [0.4, 0.5) is 5.69 Å². The van der Waals surface area contributed by atoms with Crippen LogP contribution < -0.4 is 10.2 Å². The van der Waals surface area contributed by atoms with Crippen molar-refractivity contribution in [2.75, 3.05) is 11.4 Å².